The standard InChI is InChI=1S/C19H19N3O4/c1-3-22-11-10-14(21-22)13-25-19(23)18-9-8-17(12-20-18)26-16-6-4-15(24-2)5-7-16/h4-12H,3,13H2,1-2H3. The Morgan fingerprint density at radius 3 is 2.38 bits per heavy atom. The Labute approximate surface area is 151 Å². The predicted octanol–water partition coefficient (Wildman–Crippen LogP) is 3.46. The van der Waals surface area contributed by atoms with Crippen LogP contribution in [0.4, 0.5) is 0 Å². The topological polar surface area (TPSA) is 75.5 Å². The summed E-state index contributed by atoms with van der Waals surface area (Å²) in [4.78, 5) is 16.2. The number of nitrogens with zero attached hydrogens (tertiary/aromatic N) is 3. The van der Waals surface area contributed by atoms with Crippen molar-refractivity contribution in [1.82, 2.24) is 14.8 Å². The number of benzene rings is 1. The molecule has 0 saturated carbocycles. The molecule has 0 fully saturated rings. The van der Waals surface area contributed by atoms with Crippen LogP contribution in [0.25, 0.3) is 0 Å². The number of carbonyl (C=O) groups is 1. The first-order chi connectivity index (χ1) is 12.7. The summed E-state index contributed by atoms with van der Waals surface area (Å²) < 4.78 is 17.8. The highest BCUT2D eigenvalue weighted by molar-refractivity contribution is 5.87. The molecule has 7 nitrogen and oxygen atoms in total. The number of esters is 1. The summed E-state index contributed by atoms with van der Waals surface area (Å²) in [7, 11) is 1.60. The van der Waals surface area contributed by atoms with Crippen molar-refractivity contribution in [1.29, 1.82) is 0 Å². The summed E-state index contributed by atoms with van der Waals surface area (Å²) in [5, 5.41) is 4.26. The highest BCUT2D eigenvalue weighted by Crippen LogP contribution is 2.23. The fourth-order valence-corrected chi connectivity index (χ4v) is 2.21. The van der Waals surface area contributed by atoms with Crippen LogP contribution >= 0.6 is 0 Å². The van der Waals surface area contributed by atoms with Gasteiger partial charge in [0.15, 0.2) is 0 Å². The number of hydrogen-bond acceptors (Lipinski definition) is 6. The van der Waals surface area contributed by atoms with Crippen molar-refractivity contribution in [3.8, 4) is 17.2 Å². The molecular weight excluding hydrogens is 334 g/mol. The van der Waals surface area contributed by atoms with Crippen LogP contribution in [0.15, 0.2) is 54.9 Å². The highest BCUT2D eigenvalue weighted by atomic mass is 16.5. The van der Waals surface area contributed by atoms with Crippen LogP contribution < -0.4 is 9.47 Å². The molecule has 2 heterocycles. The molecular formula is C19H19N3O4. The van der Waals surface area contributed by atoms with Gasteiger partial charge in [0.1, 0.15) is 29.5 Å². The van der Waals surface area contributed by atoms with Gasteiger partial charge in [-0.2, -0.15) is 5.10 Å². The van der Waals surface area contributed by atoms with E-state index < -0.39 is 5.97 Å². The summed E-state index contributed by atoms with van der Waals surface area (Å²) in [5.41, 5.74) is 0.904. The third kappa shape index (κ3) is 4.38. The monoisotopic (exact) mass is 353 g/mol. The Balaban J connectivity index is 1.56. The van der Waals surface area contributed by atoms with Gasteiger partial charge in [-0.25, -0.2) is 9.78 Å². The van der Waals surface area contributed by atoms with Gasteiger partial charge in [0.05, 0.1) is 19.0 Å². The molecule has 0 amide bonds. The molecule has 0 atom stereocenters. The molecule has 0 bridgehead atoms. The maximum Gasteiger partial charge on any atom is 0.357 e. The molecule has 0 unspecified atom stereocenters. The van der Waals surface area contributed by atoms with Crippen molar-refractivity contribution in [3.05, 3.63) is 66.2 Å². The van der Waals surface area contributed by atoms with E-state index in [-0.39, 0.29) is 12.3 Å². The first-order valence-corrected chi connectivity index (χ1v) is 8.15. The van der Waals surface area contributed by atoms with Crippen molar-refractivity contribution < 1.29 is 19.0 Å². The summed E-state index contributed by atoms with van der Waals surface area (Å²) >= 11 is 0. The number of hydrogen-bond donors (Lipinski definition) is 0. The van der Waals surface area contributed by atoms with Crippen LogP contribution in [0, 0.1) is 0 Å². The van der Waals surface area contributed by atoms with E-state index in [1.807, 2.05) is 19.2 Å². The molecule has 134 valence electrons. The number of aryl methyl sites for hydroxylation is 1. The molecule has 0 spiro atoms. The molecule has 0 aliphatic heterocycles. The van der Waals surface area contributed by atoms with Gasteiger partial charge >= 0.3 is 5.97 Å². The third-order valence-corrected chi connectivity index (χ3v) is 3.61. The quantitative estimate of drug-likeness (QED) is 0.606. The molecule has 0 radical (unpaired) electrons. The maximum atomic E-state index is 12.1. The average molecular weight is 353 g/mol. The summed E-state index contributed by atoms with van der Waals surface area (Å²) in [5.74, 6) is 1.41. The lowest BCUT2D eigenvalue weighted by Crippen LogP contribution is -2.08. The second-order valence-electron chi connectivity index (χ2n) is 5.40. The molecule has 3 aromatic rings. The molecule has 0 N–H and O–H groups in total. The fourth-order valence-electron chi connectivity index (χ4n) is 2.21. The molecule has 3 rings (SSSR count). The van der Waals surface area contributed by atoms with Gasteiger partial charge in [0, 0.05) is 12.7 Å². The van der Waals surface area contributed by atoms with E-state index in [1.54, 1.807) is 48.2 Å². The van der Waals surface area contributed by atoms with Gasteiger partial charge in [-0.1, -0.05) is 0 Å². The Morgan fingerprint density at radius 1 is 1.04 bits per heavy atom. The van der Waals surface area contributed by atoms with Gasteiger partial charge in [-0.15, -0.1) is 0 Å². The van der Waals surface area contributed by atoms with Gasteiger partial charge in [-0.3, -0.25) is 4.68 Å². The van der Waals surface area contributed by atoms with E-state index in [4.69, 9.17) is 14.2 Å². The smallest absolute Gasteiger partial charge is 0.357 e. The Morgan fingerprint density at radius 2 is 1.77 bits per heavy atom. The lowest BCUT2D eigenvalue weighted by Gasteiger charge is -2.07. The van der Waals surface area contributed by atoms with Crippen LogP contribution in [0.3, 0.4) is 0 Å². The number of rotatable bonds is 7. The summed E-state index contributed by atoms with van der Waals surface area (Å²) in [6, 6.07) is 12.2. The van der Waals surface area contributed by atoms with Crippen molar-refractivity contribution in [3.63, 3.8) is 0 Å². The molecule has 0 aliphatic carbocycles. The number of aromatic nitrogens is 3. The zero-order chi connectivity index (χ0) is 18.4. The zero-order valence-electron chi connectivity index (χ0n) is 14.6. The molecule has 1 aromatic carbocycles. The lowest BCUT2D eigenvalue weighted by molar-refractivity contribution is 0.0460. The van der Waals surface area contributed by atoms with Gasteiger partial charge in [-0.05, 0) is 49.4 Å². The number of carbonyl (C=O) groups excluding carboxylic acids is 1. The second kappa shape index (κ2) is 8.15. The van der Waals surface area contributed by atoms with E-state index in [1.165, 1.54) is 6.20 Å². The van der Waals surface area contributed by atoms with Crippen LogP contribution in [0.5, 0.6) is 17.2 Å². The molecule has 2 aromatic heterocycles. The number of methoxy groups -OCH3 is 1. The SMILES string of the molecule is CCn1ccc(COC(=O)c2ccc(Oc3ccc(OC)cc3)cn2)n1. The Bertz CT molecular complexity index is 857. The lowest BCUT2D eigenvalue weighted by atomic mass is 10.3. The molecule has 0 aliphatic rings. The normalized spacial score (nSPS) is 10.4. The van der Waals surface area contributed by atoms with E-state index in [0.717, 1.165) is 12.3 Å². The number of ether oxygens (including phenoxy) is 3. The van der Waals surface area contributed by atoms with Gasteiger partial charge < -0.3 is 14.2 Å². The Kier molecular flexibility index (Phi) is 5.48. The predicted molar refractivity (Wildman–Crippen MR) is 94.3 cm³/mol. The van der Waals surface area contributed by atoms with E-state index in [2.05, 4.69) is 10.1 Å². The van der Waals surface area contributed by atoms with Gasteiger partial charge in [0.25, 0.3) is 0 Å². The first-order valence-electron chi connectivity index (χ1n) is 8.15. The van der Waals surface area contributed by atoms with E-state index in [9.17, 15) is 4.79 Å². The largest absolute Gasteiger partial charge is 0.497 e. The van der Waals surface area contributed by atoms with Crippen molar-refractivity contribution in [2.45, 2.75) is 20.1 Å². The third-order valence-electron chi connectivity index (χ3n) is 3.61. The zero-order valence-corrected chi connectivity index (χ0v) is 14.6. The number of pyridine rings is 1. The van der Waals surface area contributed by atoms with Crippen LogP contribution in [-0.2, 0) is 17.9 Å². The van der Waals surface area contributed by atoms with Crippen LogP contribution in [-0.4, -0.2) is 27.8 Å². The van der Waals surface area contributed by atoms with Gasteiger partial charge in [0.2, 0.25) is 0 Å². The molecule has 26 heavy (non-hydrogen) atoms. The second-order valence-corrected chi connectivity index (χ2v) is 5.40. The summed E-state index contributed by atoms with van der Waals surface area (Å²) in [6.45, 7) is 2.87. The minimum Gasteiger partial charge on any atom is -0.497 e. The first kappa shape index (κ1) is 17.5. The maximum absolute atomic E-state index is 12.1. The Hall–Kier alpha value is -3.35. The van der Waals surface area contributed by atoms with Crippen LogP contribution in [0.2, 0.25) is 0 Å². The average Bonchev–Trinajstić information content (AvgIpc) is 3.15. The molecule has 7 heteroatoms. The van der Waals surface area contributed by atoms with Crippen molar-refractivity contribution >= 4 is 5.97 Å². The fraction of sp³-hybridized carbons (Fsp3) is 0.211. The summed E-state index contributed by atoms with van der Waals surface area (Å²) in [6.07, 6.45) is 3.32. The van der Waals surface area contributed by atoms with Crippen molar-refractivity contribution in [2.75, 3.05) is 7.11 Å². The highest BCUT2D eigenvalue weighted by Gasteiger charge is 2.10. The van der Waals surface area contributed by atoms with E-state index >= 15 is 0 Å². The van der Waals surface area contributed by atoms with E-state index in [0.29, 0.717) is 17.2 Å². The van der Waals surface area contributed by atoms with Crippen LogP contribution in [0.1, 0.15) is 23.1 Å². The van der Waals surface area contributed by atoms with Crippen molar-refractivity contribution in [2.24, 2.45) is 0 Å². The minimum absolute atomic E-state index is 0.109. The minimum atomic E-state index is -0.507. The molecule has 0 saturated heterocycles.